The van der Waals surface area contributed by atoms with Crippen LogP contribution >= 0.6 is 0 Å². The zero-order valence-corrected chi connectivity index (χ0v) is 12.0. The number of hydrogen-bond acceptors (Lipinski definition) is 8. The summed E-state index contributed by atoms with van der Waals surface area (Å²) in [5.41, 5.74) is 9.55. The van der Waals surface area contributed by atoms with Crippen LogP contribution in [0.25, 0.3) is 0 Å². The Hall–Kier alpha value is -1.57. The van der Waals surface area contributed by atoms with Crippen LogP contribution in [0.3, 0.4) is 0 Å². The standard InChI is InChI=1S/2C4H7NO4.2FH.Mg/c2*5-2(4(8)9)1-3(6)7;;;/h2*2H,1,5H2,(H,6,7)(H,8,9);2*1H;/q;;;;+2/p-2/t2*2-;;;/m00.../s1. The zero-order valence-electron chi connectivity index (χ0n) is 10.6. The van der Waals surface area contributed by atoms with Crippen LogP contribution in [0, 0.1) is 0 Å². The Morgan fingerprint density at radius 3 is 1.05 bits per heavy atom. The molecule has 0 aliphatic heterocycles. The van der Waals surface area contributed by atoms with E-state index in [9.17, 15) is 29.4 Å². The van der Waals surface area contributed by atoms with Crippen LogP contribution in [0.1, 0.15) is 12.8 Å². The van der Waals surface area contributed by atoms with Crippen molar-refractivity contribution >= 4 is 46.9 Å². The second-order valence-corrected chi connectivity index (χ2v) is 3.05. The smallest absolute Gasteiger partial charge is 0.548 e. The molecule has 0 rings (SSSR count). The first-order valence-electron chi connectivity index (χ1n) is 4.44. The average Bonchev–Trinajstić information content (AvgIpc) is 2.16. The second kappa shape index (κ2) is 16.5. The van der Waals surface area contributed by atoms with Crippen molar-refractivity contribution < 1.29 is 49.0 Å². The molecule has 0 aromatic carbocycles. The molecule has 6 N–H and O–H groups in total. The molecule has 0 heterocycles. The van der Waals surface area contributed by atoms with E-state index in [1.165, 1.54) is 0 Å². The minimum atomic E-state index is -1.54. The SMILES string of the molecule is F.F.N[C@@H](CC(=O)O)C(=O)[O-].N[C@@H](CC(=O)O)C(=O)[O-].[Mg+2]. The minimum absolute atomic E-state index is 0. The van der Waals surface area contributed by atoms with Crippen molar-refractivity contribution in [2.45, 2.75) is 24.9 Å². The summed E-state index contributed by atoms with van der Waals surface area (Å²) < 4.78 is 0. The molecule has 0 aromatic rings. The maximum Gasteiger partial charge on any atom is 2.00 e. The number of halogens is 2. The van der Waals surface area contributed by atoms with Gasteiger partial charge in [-0.25, -0.2) is 0 Å². The topological polar surface area (TPSA) is 207 Å². The fourth-order valence-corrected chi connectivity index (χ4v) is 0.543. The molecule has 0 aliphatic rings. The van der Waals surface area contributed by atoms with E-state index >= 15 is 0 Å². The number of nitrogens with two attached hydrogens (primary N) is 2. The predicted molar refractivity (Wildman–Crippen MR) is 61.2 cm³/mol. The van der Waals surface area contributed by atoms with Gasteiger partial charge in [0.2, 0.25) is 0 Å². The number of rotatable bonds is 6. The van der Waals surface area contributed by atoms with Gasteiger partial charge in [0.25, 0.3) is 0 Å². The van der Waals surface area contributed by atoms with Crippen LogP contribution < -0.4 is 21.7 Å². The fraction of sp³-hybridized carbons (Fsp3) is 0.500. The molecule has 0 radical (unpaired) electrons. The number of aliphatic carboxylic acids is 4. The summed E-state index contributed by atoms with van der Waals surface area (Å²) in [6.07, 6.45) is -1.19. The summed E-state index contributed by atoms with van der Waals surface area (Å²) in [6.45, 7) is 0. The molecule has 0 spiro atoms. The van der Waals surface area contributed by atoms with E-state index in [1.807, 2.05) is 0 Å². The van der Waals surface area contributed by atoms with Crippen LogP contribution in [-0.2, 0) is 19.2 Å². The van der Waals surface area contributed by atoms with Crippen molar-refractivity contribution in [3.63, 3.8) is 0 Å². The molecule has 120 valence electrons. The van der Waals surface area contributed by atoms with Crippen molar-refractivity contribution in [2.75, 3.05) is 0 Å². The third-order valence-electron chi connectivity index (χ3n) is 1.39. The number of carbonyl (C=O) groups excluding carboxylic acids is 2. The molecule has 21 heavy (non-hydrogen) atoms. The Morgan fingerprint density at radius 1 is 0.810 bits per heavy atom. The third kappa shape index (κ3) is 23.9. The van der Waals surface area contributed by atoms with Gasteiger partial charge in [-0.15, -0.1) is 0 Å². The maximum absolute atomic E-state index is 9.74. The Morgan fingerprint density at radius 2 is 1.00 bits per heavy atom. The Bertz CT molecular complexity index is 312. The van der Waals surface area contributed by atoms with Gasteiger partial charge in [0.05, 0.1) is 36.9 Å². The second-order valence-electron chi connectivity index (χ2n) is 3.05. The molecule has 0 saturated carbocycles. The summed E-state index contributed by atoms with van der Waals surface area (Å²) >= 11 is 0. The van der Waals surface area contributed by atoms with Crippen LogP contribution in [0.15, 0.2) is 0 Å². The maximum atomic E-state index is 9.74. The van der Waals surface area contributed by atoms with Crippen LogP contribution in [-0.4, -0.2) is 69.2 Å². The Labute approximate surface area is 133 Å². The molecular formula is C8H14F2MgN2O8. The van der Waals surface area contributed by atoms with Crippen LogP contribution in [0.4, 0.5) is 9.41 Å². The van der Waals surface area contributed by atoms with E-state index in [0.29, 0.717) is 0 Å². The van der Waals surface area contributed by atoms with Crippen molar-refractivity contribution in [2.24, 2.45) is 11.5 Å². The van der Waals surface area contributed by atoms with Gasteiger partial charge in [0, 0.05) is 0 Å². The van der Waals surface area contributed by atoms with E-state index in [4.69, 9.17) is 21.7 Å². The average molecular weight is 329 g/mol. The number of carbonyl (C=O) groups is 4. The van der Waals surface area contributed by atoms with E-state index < -0.39 is 48.8 Å². The van der Waals surface area contributed by atoms with Gasteiger partial charge in [-0.1, -0.05) is 0 Å². The van der Waals surface area contributed by atoms with Crippen molar-refractivity contribution in [3.05, 3.63) is 0 Å². The van der Waals surface area contributed by atoms with Gasteiger partial charge in [-0.2, -0.15) is 0 Å². The van der Waals surface area contributed by atoms with Gasteiger partial charge in [0.1, 0.15) is 0 Å². The first-order valence-corrected chi connectivity index (χ1v) is 4.44. The van der Waals surface area contributed by atoms with Crippen molar-refractivity contribution in [3.8, 4) is 0 Å². The molecule has 0 bridgehead atoms. The molecule has 0 fully saturated rings. The summed E-state index contributed by atoms with van der Waals surface area (Å²) in [6, 6.07) is -2.80. The quantitative estimate of drug-likeness (QED) is 0.341. The summed E-state index contributed by atoms with van der Waals surface area (Å²) in [5, 5.41) is 35.4. The fourth-order valence-electron chi connectivity index (χ4n) is 0.543. The molecular weight excluding hydrogens is 314 g/mol. The van der Waals surface area contributed by atoms with Crippen molar-refractivity contribution in [1.29, 1.82) is 0 Å². The largest absolute Gasteiger partial charge is 2.00 e. The molecule has 0 saturated heterocycles. The normalized spacial score (nSPS) is 10.8. The first-order chi connectivity index (χ1) is 8.07. The van der Waals surface area contributed by atoms with Gasteiger partial charge in [-0.05, 0) is 0 Å². The molecule has 0 aromatic heterocycles. The Kier molecular flexibility index (Phi) is 24.9. The predicted octanol–water partition coefficient (Wildman–Crippen LogP) is -5.00. The van der Waals surface area contributed by atoms with E-state index in [1.54, 1.807) is 0 Å². The van der Waals surface area contributed by atoms with Crippen LogP contribution in [0.2, 0.25) is 0 Å². The number of hydrogen-bond donors (Lipinski definition) is 4. The van der Waals surface area contributed by atoms with Gasteiger partial charge >= 0.3 is 35.0 Å². The summed E-state index contributed by atoms with van der Waals surface area (Å²) in [7, 11) is 0. The van der Waals surface area contributed by atoms with E-state index in [0.717, 1.165) is 0 Å². The molecule has 0 amide bonds. The molecule has 2 atom stereocenters. The monoisotopic (exact) mass is 328 g/mol. The molecule has 0 aliphatic carbocycles. The molecule has 0 unspecified atom stereocenters. The van der Waals surface area contributed by atoms with Gasteiger partial charge < -0.3 is 41.5 Å². The Balaban J connectivity index is -0.0000000711. The zero-order chi connectivity index (χ0) is 14.9. The molecule has 10 nitrogen and oxygen atoms in total. The number of carboxylic acid groups (broad SMARTS) is 4. The van der Waals surface area contributed by atoms with E-state index in [-0.39, 0.29) is 32.5 Å². The molecule has 13 heteroatoms. The third-order valence-corrected chi connectivity index (χ3v) is 1.39. The number of carboxylic acids is 4. The van der Waals surface area contributed by atoms with Crippen LogP contribution in [0.5, 0.6) is 0 Å². The summed E-state index contributed by atoms with van der Waals surface area (Å²) in [5.74, 6) is -5.58. The van der Waals surface area contributed by atoms with Gasteiger partial charge in [0.15, 0.2) is 0 Å². The van der Waals surface area contributed by atoms with E-state index in [2.05, 4.69) is 0 Å². The van der Waals surface area contributed by atoms with Gasteiger partial charge in [-0.3, -0.25) is 19.0 Å². The minimum Gasteiger partial charge on any atom is -0.548 e. The summed E-state index contributed by atoms with van der Waals surface area (Å²) in [4.78, 5) is 39.0. The first kappa shape index (κ1) is 31.7. The van der Waals surface area contributed by atoms with Crippen molar-refractivity contribution in [1.82, 2.24) is 0 Å².